The van der Waals surface area contributed by atoms with Crippen molar-refractivity contribution in [1.82, 2.24) is 10.3 Å². The first-order valence-corrected chi connectivity index (χ1v) is 9.65. The number of hydrogen-bond acceptors (Lipinski definition) is 4. The van der Waals surface area contributed by atoms with E-state index >= 15 is 0 Å². The first-order valence-electron chi connectivity index (χ1n) is 8.83. The maximum absolute atomic E-state index is 12.5. The van der Waals surface area contributed by atoms with Gasteiger partial charge in [0.2, 0.25) is 0 Å². The van der Waals surface area contributed by atoms with Crippen molar-refractivity contribution in [1.29, 1.82) is 0 Å². The van der Waals surface area contributed by atoms with Crippen LogP contribution in [0.4, 0.5) is 5.69 Å². The maximum atomic E-state index is 12.5. The number of amides is 2. The molecule has 1 aliphatic rings. The van der Waals surface area contributed by atoms with E-state index in [1.807, 2.05) is 26.0 Å². The number of aromatic nitrogens is 1. The molecule has 3 rings (SSSR count). The third-order valence-electron chi connectivity index (χ3n) is 4.46. The van der Waals surface area contributed by atoms with Gasteiger partial charge in [-0.2, -0.15) is 0 Å². The summed E-state index contributed by atoms with van der Waals surface area (Å²) in [5, 5.41) is 3.73. The predicted molar refractivity (Wildman–Crippen MR) is 105 cm³/mol. The number of nitrogens with zero attached hydrogens (tertiary/aromatic N) is 2. The molecule has 0 saturated heterocycles. The molecule has 0 saturated carbocycles. The molecule has 0 radical (unpaired) electrons. The van der Waals surface area contributed by atoms with Gasteiger partial charge in [0, 0.05) is 22.7 Å². The van der Waals surface area contributed by atoms with Crippen molar-refractivity contribution in [2.24, 2.45) is 0 Å². The van der Waals surface area contributed by atoms with Crippen LogP contribution in [0.1, 0.15) is 44.8 Å². The quantitative estimate of drug-likeness (QED) is 0.794. The zero-order valence-corrected chi connectivity index (χ0v) is 16.0. The summed E-state index contributed by atoms with van der Waals surface area (Å²) in [7, 11) is 0. The van der Waals surface area contributed by atoms with Crippen molar-refractivity contribution < 1.29 is 9.59 Å². The number of nitrogens with one attached hydrogen (secondary N) is 1. The predicted octanol–water partition coefficient (Wildman–Crippen LogP) is 3.41. The van der Waals surface area contributed by atoms with Gasteiger partial charge in [-0.1, -0.05) is 6.58 Å². The fourth-order valence-electron chi connectivity index (χ4n) is 3.20. The fourth-order valence-corrected chi connectivity index (χ4v) is 4.35. The van der Waals surface area contributed by atoms with E-state index in [0.717, 1.165) is 29.1 Å². The average Bonchev–Trinajstić information content (AvgIpc) is 3.21. The Kier molecular flexibility index (Phi) is 5.52. The molecule has 0 fully saturated rings. The highest BCUT2D eigenvalue weighted by Crippen LogP contribution is 2.30. The van der Waals surface area contributed by atoms with E-state index in [9.17, 15) is 9.59 Å². The van der Waals surface area contributed by atoms with Gasteiger partial charge >= 0.3 is 0 Å². The topological polar surface area (TPSA) is 62.3 Å². The number of anilines is 1. The van der Waals surface area contributed by atoms with Crippen molar-refractivity contribution in [2.45, 2.75) is 39.7 Å². The summed E-state index contributed by atoms with van der Waals surface area (Å²) in [5.41, 5.74) is 3.41. The van der Waals surface area contributed by atoms with Crippen molar-refractivity contribution in [3.8, 4) is 0 Å². The average molecular weight is 369 g/mol. The van der Waals surface area contributed by atoms with E-state index in [4.69, 9.17) is 4.98 Å². The lowest BCUT2D eigenvalue weighted by Crippen LogP contribution is -2.29. The number of hydrogen-bond donors (Lipinski definition) is 1. The van der Waals surface area contributed by atoms with Crippen molar-refractivity contribution in [3.05, 3.63) is 57.6 Å². The molecule has 1 aromatic carbocycles. The summed E-state index contributed by atoms with van der Waals surface area (Å²) in [6, 6.07) is 5.38. The molecule has 0 spiro atoms. The van der Waals surface area contributed by atoms with E-state index in [2.05, 4.69) is 11.9 Å². The van der Waals surface area contributed by atoms with Gasteiger partial charge in [-0.05, 0) is 62.9 Å². The maximum Gasteiger partial charge on any atom is 0.251 e. The molecule has 2 aromatic rings. The number of aryl methyl sites for hydroxylation is 3. The Morgan fingerprint density at radius 1 is 1.38 bits per heavy atom. The Morgan fingerprint density at radius 2 is 2.19 bits per heavy atom. The van der Waals surface area contributed by atoms with E-state index in [-0.39, 0.29) is 11.8 Å². The monoisotopic (exact) mass is 369 g/mol. The van der Waals surface area contributed by atoms with Gasteiger partial charge in [-0.3, -0.25) is 9.59 Å². The summed E-state index contributed by atoms with van der Waals surface area (Å²) in [5.74, 6) is -0.283. The number of benzene rings is 1. The molecular formula is C20H23N3O2S. The SMILES string of the molecule is C=CC(=O)N(Cc1nc2c(s1)CCC2)c1ccc(C(=O)NCC)cc1C. The summed E-state index contributed by atoms with van der Waals surface area (Å²) in [6.45, 7) is 8.42. The minimum atomic E-state index is -0.172. The Hall–Kier alpha value is -2.47. The van der Waals surface area contributed by atoms with Crippen LogP contribution in [0, 0.1) is 6.92 Å². The third kappa shape index (κ3) is 3.70. The van der Waals surface area contributed by atoms with Gasteiger partial charge in [0.05, 0.1) is 12.2 Å². The minimum Gasteiger partial charge on any atom is -0.352 e. The van der Waals surface area contributed by atoms with Crippen LogP contribution in [-0.2, 0) is 24.2 Å². The molecule has 6 heteroatoms. The van der Waals surface area contributed by atoms with Crippen LogP contribution in [0.3, 0.4) is 0 Å². The Labute approximate surface area is 157 Å². The molecule has 0 unspecified atom stereocenters. The van der Waals surface area contributed by atoms with Crippen LogP contribution in [0.25, 0.3) is 0 Å². The standard InChI is InChI=1S/C20H23N3O2S/c1-4-19(24)23(12-18-22-15-7-6-8-17(15)26-18)16-10-9-14(11-13(16)3)20(25)21-5-2/h4,9-11H,1,5-8,12H2,2-3H3,(H,21,25). The lowest BCUT2D eigenvalue weighted by atomic mass is 10.1. The van der Waals surface area contributed by atoms with E-state index in [1.54, 1.807) is 22.3 Å². The largest absolute Gasteiger partial charge is 0.352 e. The number of thiazole rings is 1. The summed E-state index contributed by atoms with van der Waals surface area (Å²) >= 11 is 1.69. The zero-order chi connectivity index (χ0) is 18.7. The number of rotatable bonds is 6. The highest BCUT2D eigenvalue weighted by molar-refractivity contribution is 7.11. The number of carbonyl (C=O) groups excluding carboxylic acids is 2. The lowest BCUT2D eigenvalue weighted by Gasteiger charge is -2.22. The molecular weight excluding hydrogens is 346 g/mol. The highest BCUT2D eigenvalue weighted by atomic mass is 32.1. The van der Waals surface area contributed by atoms with E-state index < -0.39 is 0 Å². The van der Waals surface area contributed by atoms with Crippen LogP contribution in [-0.4, -0.2) is 23.3 Å². The third-order valence-corrected chi connectivity index (χ3v) is 5.60. The molecule has 0 bridgehead atoms. The normalized spacial score (nSPS) is 12.5. The van der Waals surface area contributed by atoms with Gasteiger partial charge in [-0.15, -0.1) is 11.3 Å². The second-order valence-corrected chi connectivity index (χ2v) is 7.49. The molecule has 1 aliphatic carbocycles. The van der Waals surface area contributed by atoms with Crippen LogP contribution in [0.5, 0.6) is 0 Å². The summed E-state index contributed by atoms with van der Waals surface area (Å²) in [6.07, 6.45) is 4.60. The molecule has 0 aliphatic heterocycles. The highest BCUT2D eigenvalue weighted by Gasteiger charge is 2.22. The zero-order valence-electron chi connectivity index (χ0n) is 15.2. The van der Waals surface area contributed by atoms with E-state index in [0.29, 0.717) is 18.7 Å². The number of carbonyl (C=O) groups is 2. The molecule has 5 nitrogen and oxygen atoms in total. The molecule has 136 valence electrons. The number of fused-ring (bicyclic) bond motifs is 1. The lowest BCUT2D eigenvalue weighted by molar-refractivity contribution is -0.114. The first-order chi connectivity index (χ1) is 12.5. The fraction of sp³-hybridized carbons (Fsp3) is 0.350. The second kappa shape index (κ2) is 7.83. The summed E-state index contributed by atoms with van der Waals surface area (Å²) in [4.78, 5) is 32.2. The molecule has 2 amide bonds. The van der Waals surface area contributed by atoms with E-state index in [1.165, 1.54) is 23.1 Å². The minimum absolute atomic E-state index is 0.111. The molecule has 1 aromatic heterocycles. The molecule has 1 N–H and O–H groups in total. The van der Waals surface area contributed by atoms with Gasteiger partial charge in [0.25, 0.3) is 11.8 Å². The van der Waals surface area contributed by atoms with Crippen LogP contribution in [0.15, 0.2) is 30.9 Å². The van der Waals surface area contributed by atoms with Gasteiger partial charge in [0.15, 0.2) is 0 Å². The summed E-state index contributed by atoms with van der Waals surface area (Å²) < 4.78 is 0. The molecule has 1 heterocycles. The smallest absolute Gasteiger partial charge is 0.251 e. The van der Waals surface area contributed by atoms with Crippen LogP contribution < -0.4 is 10.2 Å². The van der Waals surface area contributed by atoms with Crippen molar-refractivity contribution in [3.63, 3.8) is 0 Å². The van der Waals surface area contributed by atoms with Gasteiger partial charge in [-0.25, -0.2) is 4.98 Å². The Bertz CT molecular complexity index is 835. The first kappa shape index (κ1) is 18.3. The second-order valence-electron chi connectivity index (χ2n) is 6.32. The van der Waals surface area contributed by atoms with Gasteiger partial charge in [0.1, 0.15) is 5.01 Å². The Morgan fingerprint density at radius 3 is 2.85 bits per heavy atom. The molecule has 26 heavy (non-hydrogen) atoms. The Balaban J connectivity index is 1.88. The van der Waals surface area contributed by atoms with Crippen molar-refractivity contribution >= 4 is 28.8 Å². The van der Waals surface area contributed by atoms with Crippen LogP contribution in [0.2, 0.25) is 0 Å². The van der Waals surface area contributed by atoms with Gasteiger partial charge < -0.3 is 10.2 Å². The molecule has 0 atom stereocenters. The van der Waals surface area contributed by atoms with Crippen LogP contribution >= 0.6 is 11.3 Å². The van der Waals surface area contributed by atoms with Crippen molar-refractivity contribution in [2.75, 3.05) is 11.4 Å².